The second-order valence-corrected chi connectivity index (χ2v) is 4.94. The molecular formula is C15H15F2N3. The van der Waals surface area contributed by atoms with Crippen molar-refractivity contribution in [3.8, 4) is 11.4 Å². The fourth-order valence-corrected chi connectivity index (χ4v) is 2.61. The molecule has 1 N–H and O–H groups in total. The van der Waals surface area contributed by atoms with Crippen LogP contribution in [0.15, 0.2) is 18.2 Å². The van der Waals surface area contributed by atoms with E-state index in [1.165, 1.54) is 12.1 Å². The lowest BCUT2D eigenvalue weighted by Crippen LogP contribution is -2.12. The van der Waals surface area contributed by atoms with E-state index < -0.39 is 11.6 Å². The quantitative estimate of drug-likeness (QED) is 0.913. The van der Waals surface area contributed by atoms with E-state index >= 15 is 0 Å². The number of nitrogens with one attached hydrogen (secondary N) is 1. The summed E-state index contributed by atoms with van der Waals surface area (Å²) in [6.07, 6.45) is 4.05. The van der Waals surface area contributed by atoms with Crippen molar-refractivity contribution in [1.29, 1.82) is 0 Å². The zero-order valence-electron chi connectivity index (χ0n) is 11.2. The molecule has 0 radical (unpaired) electrons. The highest BCUT2D eigenvalue weighted by molar-refractivity contribution is 5.60. The van der Waals surface area contributed by atoms with Crippen molar-refractivity contribution in [2.45, 2.75) is 25.7 Å². The lowest BCUT2D eigenvalue weighted by Gasteiger charge is -2.18. The Morgan fingerprint density at radius 2 is 1.70 bits per heavy atom. The molecule has 0 saturated carbocycles. The third-order valence-electron chi connectivity index (χ3n) is 3.54. The summed E-state index contributed by atoms with van der Waals surface area (Å²) in [4.78, 5) is 8.89. The van der Waals surface area contributed by atoms with Gasteiger partial charge in [0.05, 0.1) is 0 Å². The standard InChI is InChI=1S/C15H15F2N3/c1-18-15-12-4-2-3-5-13(12)19-14(20-15)9-6-10(16)8-11(17)7-9/h6-8H,2-5H2,1H3,(H,18,19,20). The van der Waals surface area contributed by atoms with Gasteiger partial charge in [0.25, 0.3) is 0 Å². The minimum Gasteiger partial charge on any atom is -0.373 e. The molecule has 0 unspecified atom stereocenters. The van der Waals surface area contributed by atoms with E-state index in [0.29, 0.717) is 11.4 Å². The van der Waals surface area contributed by atoms with Gasteiger partial charge in [-0.1, -0.05) is 0 Å². The molecule has 5 heteroatoms. The lowest BCUT2D eigenvalue weighted by atomic mass is 9.96. The first-order valence-corrected chi connectivity index (χ1v) is 6.71. The first-order chi connectivity index (χ1) is 9.67. The predicted molar refractivity (Wildman–Crippen MR) is 73.6 cm³/mol. The summed E-state index contributed by atoms with van der Waals surface area (Å²) in [5, 5.41) is 3.06. The van der Waals surface area contributed by atoms with Gasteiger partial charge in [0, 0.05) is 29.9 Å². The summed E-state index contributed by atoms with van der Waals surface area (Å²) < 4.78 is 26.6. The van der Waals surface area contributed by atoms with E-state index in [1.54, 1.807) is 7.05 Å². The second-order valence-electron chi connectivity index (χ2n) is 4.94. The number of aromatic nitrogens is 2. The highest BCUT2D eigenvalue weighted by Gasteiger charge is 2.18. The summed E-state index contributed by atoms with van der Waals surface area (Å²) in [5.74, 6) is -0.109. The Balaban J connectivity index is 2.14. The summed E-state index contributed by atoms with van der Waals surface area (Å²) in [6.45, 7) is 0. The lowest BCUT2D eigenvalue weighted by molar-refractivity contribution is 0.584. The van der Waals surface area contributed by atoms with Gasteiger partial charge in [-0.05, 0) is 37.8 Å². The van der Waals surface area contributed by atoms with Crippen molar-refractivity contribution in [3.63, 3.8) is 0 Å². The summed E-state index contributed by atoms with van der Waals surface area (Å²) in [6, 6.07) is 3.36. The van der Waals surface area contributed by atoms with Crippen LogP contribution in [0, 0.1) is 11.6 Å². The molecule has 104 valence electrons. The van der Waals surface area contributed by atoms with E-state index in [4.69, 9.17) is 0 Å². The zero-order valence-corrected chi connectivity index (χ0v) is 11.2. The topological polar surface area (TPSA) is 37.8 Å². The molecule has 3 nitrogen and oxygen atoms in total. The summed E-state index contributed by atoms with van der Waals surface area (Å²) in [7, 11) is 1.80. The van der Waals surface area contributed by atoms with Gasteiger partial charge < -0.3 is 5.32 Å². The van der Waals surface area contributed by atoms with Crippen LogP contribution in [0.4, 0.5) is 14.6 Å². The van der Waals surface area contributed by atoms with Gasteiger partial charge in [0.1, 0.15) is 17.5 Å². The number of benzene rings is 1. The molecule has 1 heterocycles. The summed E-state index contributed by atoms with van der Waals surface area (Å²) >= 11 is 0. The maximum Gasteiger partial charge on any atom is 0.161 e. The molecule has 3 rings (SSSR count). The van der Waals surface area contributed by atoms with E-state index in [9.17, 15) is 8.78 Å². The number of anilines is 1. The van der Waals surface area contributed by atoms with Crippen LogP contribution < -0.4 is 5.32 Å². The Bertz CT molecular complexity index is 618. The number of rotatable bonds is 2. The molecule has 0 bridgehead atoms. The van der Waals surface area contributed by atoms with Gasteiger partial charge in [-0.2, -0.15) is 0 Å². The van der Waals surface area contributed by atoms with Gasteiger partial charge in [-0.15, -0.1) is 0 Å². The third kappa shape index (κ3) is 2.35. The largest absolute Gasteiger partial charge is 0.373 e. The Morgan fingerprint density at radius 1 is 1.00 bits per heavy atom. The monoisotopic (exact) mass is 275 g/mol. The van der Waals surface area contributed by atoms with Gasteiger partial charge >= 0.3 is 0 Å². The minimum atomic E-state index is -0.618. The number of nitrogens with zero attached hydrogens (tertiary/aromatic N) is 2. The first-order valence-electron chi connectivity index (χ1n) is 6.71. The van der Waals surface area contributed by atoms with Crippen LogP contribution >= 0.6 is 0 Å². The van der Waals surface area contributed by atoms with Crippen LogP contribution in [-0.4, -0.2) is 17.0 Å². The van der Waals surface area contributed by atoms with Crippen LogP contribution in [-0.2, 0) is 12.8 Å². The number of aryl methyl sites for hydroxylation is 1. The van der Waals surface area contributed by atoms with Crippen LogP contribution in [0.5, 0.6) is 0 Å². The van der Waals surface area contributed by atoms with Crippen LogP contribution in [0.1, 0.15) is 24.1 Å². The molecule has 0 saturated heterocycles. The SMILES string of the molecule is CNc1nc(-c2cc(F)cc(F)c2)nc2c1CCCC2. The van der Waals surface area contributed by atoms with Gasteiger partial charge in [-0.3, -0.25) is 0 Å². The van der Waals surface area contributed by atoms with Gasteiger partial charge in [0.15, 0.2) is 5.82 Å². The molecule has 0 fully saturated rings. The first kappa shape index (κ1) is 13.0. The molecule has 20 heavy (non-hydrogen) atoms. The molecule has 1 aromatic heterocycles. The van der Waals surface area contributed by atoms with Crippen molar-refractivity contribution < 1.29 is 8.78 Å². The molecular weight excluding hydrogens is 260 g/mol. The normalized spacial score (nSPS) is 13.9. The molecule has 0 aliphatic heterocycles. The molecule has 0 atom stereocenters. The second kappa shape index (κ2) is 5.15. The number of hydrogen-bond acceptors (Lipinski definition) is 3. The van der Waals surface area contributed by atoms with Gasteiger partial charge in [-0.25, -0.2) is 18.7 Å². The van der Waals surface area contributed by atoms with E-state index in [2.05, 4.69) is 15.3 Å². The smallest absolute Gasteiger partial charge is 0.161 e. The molecule has 2 aromatic rings. The molecule has 1 aliphatic rings. The van der Waals surface area contributed by atoms with Gasteiger partial charge in [0.2, 0.25) is 0 Å². The van der Waals surface area contributed by atoms with Crippen LogP contribution in [0.3, 0.4) is 0 Å². The summed E-state index contributed by atoms with van der Waals surface area (Å²) in [5.41, 5.74) is 2.47. The van der Waals surface area contributed by atoms with Crippen molar-refractivity contribution in [3.05, 3.63) is 41.1 Å². The Morgan fingerprint density at radius 3 is 2.40 bits per heavy atom. The zero-order chi connectivity index (χ0) is 14.1. The van der Waals surface area contributed by atoms with Crippen molar-refractivity contribution in [2.24, 2.45) is 0 Å². The maximum atomic E-state index is 13.3. The Hall–Kier alpha value is -2.04. The molecule has 0 spiro atoms. The van der Waals surface area contributed by atoms with Crippen molar-refractivity contribution >= 4 is 5.82 Å². The number of halogens is 2. The fourth-order valence-electron chi connectivity index (χ4n) is 2.61. The Labute approximate surface area is 116 Å². The predicted octanol–water partition coefficient (Wildman–Crippen LogP) is 3.34. The Kier molecular flexibility index (Phi) is 3.34. The number of hydrogen-bond donors (Lipinski definition) is 1. The average Bonchev–Trinajstić information content (AvgIpc) is 2.45. The highest BCUT2D eigenvalue weighted by Crippen LogP contribution is 2.28. The molecule has 0 amide bonds. The van der Waals surface area contributed by atoms with Crippen molar-refractivity contribution in [1.82, 2.24) is 9.97 Å². The van der Waals surface area contributed by atoms with E-state index in [0.717, 1.165) is 48.8 Å². The maximum absolute atomic E-state index is 13.3. The minimum absolute atomic E-state index is 0.368. The van der Waals surface area contributed by atoms with Crippen LogP contribution in [0.2, 0.25) is 0 Å². The number of fused-ring (bicyclic) bond motifs is 1. The highest BCUT2D eigenvalue weighted by atomic mass is 19.1. The van der Waals surface area contributed by atoms with E-state index in [1.807, 2.05) is 0 Å². The van der Waals surface area contributed by atoms with Crippen LogP contribution in [0.25, 0.3) is 11.4 Å². The average molecular weight is 275 g/mol. The fraction of sp³-hybridized carbons (Fsp3) is 0.333. The van der Waals surface area contributed by atoms with Crippen molar-refractivity contribution in [2.75, 3.05) is 12.4 Å². The molecule has 1 aromatic carbocycles. The van der Waals surface area contributed by atoms with E-state index in [-0.39, 0.29) is 0 Å². The molecule has 1 aliphatic carbocycles. The third-order valence-corrected chi connectivity index (χ3v) is 3.54.